The second kappa shape index (κ2) is 6.05. The number of phenols is 1. The summed E-state index contributed by atoms with van der Waals surface area (Å²) in [5.41, 5.74) is 1.14. The van der Waals surface area contributed by atoms with E-state index >= 15 is 0 Å². The number of alkyl halides is 1. The number of halogens is 1. The van der Waals surface area contributed by atoms with Crippen LogP contribution in [-0.2, 0) is 0 Å². The van der Waals surface area contributed by atoms with Crippen LogP contribution in [0, 0.1) is 12.8 Å². The van der Waals surface area contributed by atoms with Crippen LogP contribution in [0.1, 0.15) is 29.8 Å². The van der Waals surface area contributed by atoms with Gasteiger partial charge in [-0.15, -0.1) is 0 Å². The Hall–Kier alpha value is -1.03. The Bertz CT molecular complexity index is 406. The van der Waals surface area contributed by atoms with Crippen LogP contribution in [0.5, 0.6) is 5.75 Å². The summed E-state index contributed by atoms with van der Waals surface area (Å²) in [6, 6.07) is 5.06. The lowest BCUT2D eigenvalue weighted by Gasteiger charge is -2.20. The number of carbonyl (C=O) groups excluding carboxylic acids is 1. The molecule has 17 heavy (non-hydrogen) atoms. The highest BCUT2D eigenvalue weighted by atomic mass is 79.9. The lowest BCUT2D eigenvalue weighted by Crippen LogP contribution is -2.37. The van der Waals surface area contributed by atoms with Crippen molar-refractivity contribution in [3.8, 4) is 5.75 Å². The summed E-state index contributed by atoms with van der Waals surface area (Å²) in [4.78, 5) is 12.0. The van der Waals surface area contributed by atoms with Gasteiger partial charge in [-0.2, -0.15) is 0 Å². The lowest BCUT2D eigenvalue weighted by molar-refractivity contribution is 0.0930. The highest BCUT2D eigenvalue weighted by Crippen LogP contribution is 2.19. The molecule has 2 N–H and O–H groups in total. The van der Waals surface area contributed by atoms with Crippen molar-refractivity contribution >= 4 is 21.8 Å². The summed E-state index contributed by atoms with van der Waals surface area (Å²) in [7, 11) is 0. The second-order valence-corrected chi connectivity index (χ2v) is 4.99. The van der Waals surface area contributed by atoms with Gasteiger partial charge in [0.2, 0.25) is 0 Å². The largest absolute Gasteiger partial charge is 0.508 e. The number of rotatable bonds is 4. The third kappa shape index (κ3) is 3.46. The zero-order valence-corrected chi connectivity index (χ0v) is 11.9. The Morgan fingerprint density at radius 1 is 1.47 bits per heavy atom. The maximum atomic E-state index is 12.0. The predicted molar refractivity (Wildman–Crippen MR) is 72.7 cm³/mol. The maximum absolute atomic E-state index is 12.0. The van der Waals surface area contributed by atoms with E-state index in [9.17, 15) is 9.90 Å². The van der Waals surface area contributed by atoms with Gasteiger partial charge in [0.05, 0.1) is 0 Å². The first-order valence-corrected chi connectivity index (χ1v) is 6.75. The molecule has 0 aliphatic rings. The Labute approximate surface area is 110 Å². The van der Waals surface area contributed by atoms with Crippen molar-refractivity contribution in [2.24, 2.45) is 5.92 Å². The van der Waals surface area contributed by atoms with Crippen LogP contribution >= 0.6 is 15.9 Å². The fraction of sp³-hybridized carbons (Fsp3) is 0.462. The fourth-order valence-corrected chi connectivity index (χ4v) is 1.99. The van der Waals surface area contributed by atoms with E-state index in [1.54, 1.807) is 25.1 Å². The van der Waals surface area contributed by atoms with Gasteiger partial charge in [0.15, 0.2) is 0 Å². The number of nitrogens with one attached hydrogen (secondary N) is 1. The second-order valence-electron chi connectivity index (χ2n) is 4.34. The molecular formula is C13H18BrNO2. The van der Waals surface area contributed by atoms with E-state index in [-0.39, 0.29) is 17.7 Å². The smallest absolute Gasteiger partial charge is 0.251 e. The van der Waals surface area contributed by atoms with E-state index in [0.29, 0.717) is 17.0 Å². The van der Waals surface area contributed by atoms with Crippen molar-refractivity contribution in [1.82, 2.24) is 5.32 Å². The topological polar surface area (TPSA) is 49.3 Å². The van der Waals surface area contributed by atoms with Crippen LogP contribution in [0.2, 0.25) is 0 Å². The number of phenolic OH excluding ortho intramolecular Hbond substituents is 1. The summed E-state index contributed by atoms with van der Waals surface area (Å²) >= 11 is 3.40. The molecule has 0 aliphatic heterocycles. The van der Waals surface area contributed by atoms with E-state index < -0.39 is 0 Å². The van der Waals surface area contributed by atoms with Gasteiger partial charge in [0, 0.05) is 22.5 Å². The number of hydrogen-bond acceptors (Lipinski definition) is 2. The molecule has 2 unspecified atom stereocenters. The van der Waals surface area contributed by atoms with Gasteiger partial charge in [0.1, 0.15) is 5.75 Å². The van der Waals surface area contributed by atoms with Crippen molar-refractivity contribution in [2.45, 2.75) is 26.8 Å². The SMILES string of the molecule is Cc1c(O)cccc1C(=O)NC(C)C(C)CBr. The van der Waals surface area contributed by atoms with Gasteiger partial charge in [-0.3, -0.25) is 4.79 Å². The molecule has 1 amide bonds. The molecule has 0 spiro atoms. The quantitative estimate of drug-likeness (QED) is 0.840. The minimum atomic E-state index is -0.140. The maximum Gasteiger partial charge on any atom is 0.251 e. The molecule has 0 aliphatic carbocycles. The minimum absolute atomic E-state index is 0.0867. The van der Waals surface area contributed by atoms with E-state index in [4.69, 9.17) is 0 Å². The van der Waals surface area contributed by atoms with E-state index in [2.05, 4.69) is 28.2 Å². The molecule has 94 valence electrons. The summed E-state index contributed by atoms with van der Waals surface area (Å²) in [5, 5.41) is 13.3. The molecule has 0 bridgehead atoms. The van der Waals surface area contributed by atoms with Gasteiger partial charge in [-0.1, -0.05) is 28.9 Å². The van der Waals surface area contributed by atoms with Crippen LogP contribution in [0.4, 0.5) is 0 Å². The first-order chi connectivity index (χ1) is 7.97. The average molecular weight is 300 g/mol. The lowest BCUT2D eigenvalue weighted by atomic mass is 10.0. The molecular weight excluding hydrogens is 282 g/mol. The number of aromatic hydroxyl groups is 1. The molecule has 0 fully saturated rings. The minimum Gasteiger partial charge on any atom is -0.508 e. The Kier molecular flexibility index (Phi) is 5.00. The van der Waals surface area contributed by atoms with Gasteiger partial charge in [0.25, 0.3) is 5.91 Å². The van der Waals surface area contributed by atoms with E-state index in [0.717, 1.165) is 5.33 Å². The Morgan fingerprint density at radius 3 is 2.71 bits per heavy atom. The van der Waals surface area contributed by atoms with Crippen molar-refractivity contribution < 1.29 is 9.90 Å². The summed E-state index contributed by atoms with van der Waals surface area (Å²) < 4.78 is 0. The molecule has 4 heteroatoms. The molecule has 1 aromatic rings. The van der Waals surface area contributed by atoms with Crippen molar-refractivity contribution in [3.63, 3.8) is 0 Å². The molecule has 2 atom stereocenters. The predicted octanol–water partition coefficient (Wildman–Crippen LogP) is 2.85. The van der Waals surface area contributed by atoms with Gasteiger partial charge >= 0.3 is 0 Å². The van der Waals surface area contributed by atoms with Crippen LogP contribution < -0.4 is 5.32 Å². The number of amides is 1. The molecule has 1 aromatic carbocycles. The number of benzene rings is 1. The van der Waals surface area contributed by atoms with Crippen molar-refractivity contribution in [3.05, 3.63) is 29.3 Å². The summed E-state index contributed by atoms with van der Waals surface area (Å²) in [5.74, 6) is 0.370. The van der Waals surface area contributed by atoms with Crippen LogP contribution in [0.15, 0.2) is 18.2 Å². The van der Waals surface area contributed by atoms with Crippen LogP contribution in [0.25, 0.3) is 0 Å². The molecule has 0 heterocycles. The standard InChI is InChI=1S/C13H18BrNO2/c1-8(7-14)10(3)15-13(17)11-5-4-6-12(16)9(11)2/h4-6,8,10,16H,7H2,1-3H3,(H,15,17). The monoisotopic (exact) mass is 299 g/mol. The number of carbonyl (C=O) groups is 1. The normalized spacial score (nSPS) is 14.1. The van der Waals surface area contributed by atoms with Gasteiger partial charge in [-0.05, 0) is 31.9 Å². The van der Waals surface area contributed by atoms with E-state index in [1.807, 2.05) is 6.92 Å². The molecule has 3 nitrogen and oxygen atoms in total. The van der Waals surface area contributed by atoms with Crippen LogP contribution in [0.3, 0.4) is 0 Å². The molecule has 0 radical (unpaired) electrons. The van der Waals surface area contributed by atoms with Crippen molar-refractivity contribution in [2.75, 3.05) is 5.33 Å². The number of hydrogen-bond donors (Lipinski definition) is 2. The molecule has 0 aromatic heterocycles. The van der Waals surface area contributed by atoms with Crippen LogP contribution in [-0.4, -0.2) is 22.4 Å². The summed E-state index contributed by atoms with van der Waals surface area (Å²) in [6.07, 6.45) is 0. The third-order valence-electron chi connectivity index (χ3n) is 3.01. The third-order valence-corrected chi connectivity index (χ3v) is 4.03. The summed E-state index contributed by atoms with van der Waals surface area (Å²) in [6.45, 7) is 5.78. The molecule has 0 saturated heterocycles. The first-order valence-electron chi connectivity index (χ1n) is 5.62. The highest BCUT2D eigenvalue weighted by molar-refractivity contribution is 9.09. The van der Waals surface area contributed by atoms with E-state index in [1.165, 1.54) is 0 Å². The van der Waals surface area contributed by atoms with Crippen molar-refractivity contribution in [1.29, 1.82) is 0 Å². The average Bonchev–Trinajstić information content (AvgIpc) is 2.31. The zero-order chi connectivity index (χ0) is 13.0. The van der Waals surface area contributed by atoms with Gasteiger partial charge < -0.3 is 10.4 Å². The fourth-order valence-electron chi connectivity index (χ4n) is 1.43. The first kappa shape index (κ1) is 14.0. The Morgan fingerprint density at radius 2 is 2.12 bits per heavy atom. The Balaban J connectivity index is 2.80. The van der Waals surface area contributed by atoms with Gasteiger partial charge in [-0.25, -0.2) is 0 Å². The molecule has 0 saturated carbocycles. The zero-order valence-electron chi connectivity index (χ0n) is 10.3. The molecule has 1 rings (SSSR count). The highest BCUT2D eigenvalue weighted by Gasteiger charge is 2.16.